The first-order chi connectivity index (χ1) is 7.27. The summed E-state index contributed by atoms with van der Waals surface area (Å²) >= 11 is 0. The van der Waals surface area contributed by atoms with Gasteiger partial charge in [0.1, 0.15) is 0 Å². The van der Waals surface area contributed by atoms with Gasteiger partial charge in [0, 0.05) is 12.1 Å². The first-order valence-corrected chi connectivity index (χ1v) is 6.67. The predicted octanol–water partition coefficient (Wildman–Crippen LogP) is 2.25. The summed E-state index contributed by atoms with van der Waals surface area (Å²) in [6.45, 7) is 1.25. The van der Waals surface area contributed by atoms with Crippen LogP contribution in [0.3, 0.4) is 0 Å². The standard InChI is InChI=1S/C13H26N2/c1-15(2)13(11-6-3-4-7-11)10-12-8-5-9-14-12/h11-14H,3-10H2,1-2H3. The average molecular weight is 210 g/mol. The Bertz CT molecular complexity index is 179. The smallest absolute Gasteiger partial charge is 0.0132 e. The normalized spacial score (nSPS) is 30.2. The van der Waals surface area contributed by atoms with Crippen LogP contribution in [0.25, 0.3) is 0 Å². The minimum absolute atomic E-state index is 0.804. The van der Waals surface area contributed by atoms with E-state index in [0.717, 1.165) is 18.0 Å². The van der Waals surface area contributed by atoms with E-state index in [2.05, 4.69) is 24.3 Å². The molecule has 1 aliphatic carbocycles. The molecular weight excluding hydrogens is 184 g/mol. The molecule has 2 rings (SSSR count). The molecule has 1 saturated carbocycles. The largest absolute Gasteiger partial charge is 0.314 e. The second-order valence-electron chi connectivity index (χ2n) is 5.60. The Labute approximate surface area is 94.4 Å². The Morgan fingerprint density at radius 1 is 1.13 bits per heavy atom. The minimum atomic E-state index is 0.804. The van der Waals surface area contributed by atoms with Crippen LogP contribution in [0.4, 0.5) is 0 Å². The van der Waals surface area contributed by atoms with Crippen LogP contribution >= 0.6 is 0 Å². The Hall–Kier alpha value is -0.0800. The van der Waals surface area contributed by atoms with Gasteiger partial charge in [0.15, 0.2) is 0 Å². The van der Waals surface area contributed by atoms with Crippen molar-refractivity contribution in [1.29, 1.82) is 0 Å². The van der Waals surface area contributed by atoms with Gasteiger partial charge in [-0.1, -0.05) is 12.8 Å². The minimum Gasteiger partial charge on any atom is -0.314 e. The first kappa shape index (κ1) is 11.4. The van der Waals surface area contributed by atoms with Gasteiger partial charge in [-0.3, -0.25) is 0 Å². The number of hydrogen-bond acceptors (Lipinski definition) is 2. The fraction of sp³-hybridized carbons (Fsp3) is 1.00. The molecule has 0 aromatic carbocycles. The molecular formula is C13H26N2. The monoisotopic (exact) mass is 210 g/mol. The van der Waals surface area contributed by atoms with Crippen molar-refractivity contribution >= 4 is 0 Å². The molecule has 0 spiro atoms. The third-order valence-corrected chi connectivity index (χ3v) is 4.30. The van der Waals surface area contributed by atoms with Crippen LogP contribution in [0.1, 0.15) is 44.9 Å². The van der Waals surface area contributed by atoms with E-state index < -0.39 is 0 Å². The summed E-state index contributed by atoms with van der Waals surface area (Å²) in [4.78, 5) is 2.47. The zero-order chi connectivity index (χ0) is 10.7. The zero-order valence-corrected chi connectivity index (χ0v) is 10.3. The Morgan fingerprint density at radius 3 is 2.40 bits per heavy atom. The van der Waals surface area contributed by atoms with Crippen LogP contribution in [0.5, 0.6) is 0 Å². The van der Waals surface area contributed by atoms with Crippen LogP contribution in [0.2, 0.25) is 0 Å². The van der Waals surface area contributed by atoms with Gasteiger partial charge in [0.2, 0.25) is 0 Å². The van der Waals surface area contributed by atoms with E-state index in [9.17, 15) is 0 Å². The van der Waals surface area contributed by atoms with Crippen molar-refractivity contribution in [2.45, 2.75) is 57.0 Å². The molecule has 2 heteroatoms. The molecule has 0 aromatic rings. The van der Waals surface area contributed by atoms with Crippen molar-refractivity contribution < 1.29 is 0 Å². The summed E-state index contributed by atoms with van der Waals surface area (Å²) in [6.07, 6.45) is 10.0. The molecule has 1 aliphatic heterocycles. The maximum absolute atomic E-state index is 3.64. The van der Waals surface area contributed by atoms with Crippen molar-refractivity contribution in [2.24, 2.45) is 5.92 Å². The van der Waals surface area contributed by atoms with E-state index in [0.29, 0.717) is 0 Å². The summed E-state index contributed by atoms with van der Waals surface area (Å²) in [7, 11) is 4.52. The summed E-state index contributed by atoms with van der Waals surface area (Å²) in [5, 5.41) is 3.64. The maximum Gasteiger partial charge on any atom is 0.0132 e. The highest BCUT2D eigenvalue weighted by Crippen LogP contribution is 2.32. The molecule has 0 radical (unpaired) electrons. The Balaban J connectivity index is 1.87. The van der Waals surface area contributed by atoms with Gasteiger partial charge in [-0.05, 0) is 58.7 Å². The SMILES string of the molecule is CN(C)C(CC1CCCN1)C1CCCC1. The summed E-state index contributed by atoms with van der Waals surface area (Å²) in [5.41, 5.74) is 0. The van der Waals surface area contributed by atoms with E-state index in [4.69, 9.17) is 0 Å². The maximum atomic E-state index is 3.64. The molecule has 2 fully saturated rings. The molecule has 88 valence electrons. The molecule has 2 aliphatic rings. The number of nitrogens with zero attached hydrogens (tertiary/aromatic N) is 1. The van der Waals surface area contributed by atoms with Crippen LogP contribution in [0, 0.1) is 5.92 Å². The van der Waals surface area contributed by atoms with Crippen molar-refractivity contribution in [3.05, 3.63) is 0 Å². The topological polar surface area (TPSA) is 15.3 Å². The molecule has 15 heavy (non-hydrogen) atoms. The molecule has 2 atom stereocenters. The van der Waals surface area contributed by atoms with Crippen molar-refractivity contribution in [2.75, 3.05) is 20.6 Å². The second kappa shape index (κ2) is 5.31. The highest BCUT2D eigenvalue weighted by atomic mass is 15.1. The molecule has 1 saturated heterocycles. The van der Waals surface area contributed by atoms with Crippen molar-refractivity contribution in [1.82, 2.24) is 10.2 Å². The van der Waals surface area contributed by atoms with Crippen molar-refractivity contribution in [3.63, 3.8) is 0 Å². The molecule has 2 nitrogen and oxygen atoms in total. The van der Waals surface area contributed by atoms with Gasteiger partial charge >= 0.3 is 0 Å². The highest BCUT2D eigenvalue weighted by molar-refractivity contribution is 4.86. The summed E-state index contributed by atoms with van der Waals surface area (Å²) in [5.74, 6) is 0.974. The van der Waals surface area contributed by atoms with E-state index >= 15 is 0 Å². The number of nitrogens with one attached hydrogen (secondary N) is 1. The van der Waals surface area contributed by atoms with Gasteiger partial charge in [0.25, 0.3) is 0 Å². The van der Waals surface area contributed by atoms with E-state index in [1.54, 1.807) is 0 Å². The summed E-state index contributed by atoms with van der Waals surface area (Å²) in [6, 6.07) is 1.63. The third-order valence-electron chi connectivity index (χ3n) is 4.30. The lowest BCUT2D eigenvalue weighted by Gasteiger charge is -2.32. The molecule has 0 bridgehead atoms. The van der Waals surface area contributed by atoms with Crippen LogP contribution in [0.15, 0.2) is 0 Å². The van der Waals surface area contributed by atoms with Crippen LogP contribution < -0.4 is 5.32 Å². The lowest BCUT2D eigenvalue weighted by molar-refractivity contribution is 0.185. The lowest BCUT2D eigenvalue weighted by Crippen LogP contribution is -2.39. The van der Waals surface area contributed by atoms with E-state index in [-0.39, 0.29) is 0 Å². The molecule has 1 heterocycles. The van der Waals surface area contributed by atoms with Gasteiger partial charge in [-0.2, -0.15) is 0 Å². The lowest BCUT2D eigenvalue weighted by atomic mass is 9.91. The third kappa shape index (κ3) is 2.94. The van der Waals surface area contributed by atoms with Gasteiger partial charge in [-0.15, -0.1) is 0 Å². The fourth-order valence-corrected chi connectivity index (χ4v) is 3.42. The zero-order valence-electron chi connectivity index (χ0n) is 10.3. The molecule has 2 unspecified atom stereocenters. The van der Waals surface area contributed by atoms with Gasteiger partial charge in [-0.25, -0.2) is 0 Å². The van der Waals surface area contributed by atoms with Crippen molar-refractivity contribution in [3.8, 4) is 0 Å². The Kier molecular flexibility index (Phi) is 4.04. The molecule has 1 N–H and O–H groups in total. The van der Waals surface area contributed by atoms with Gasteiger partial charge in [0.05, 0.1) is 0 Å². The van der Waals surface area contributed by atoms with Crippen LogP contribution in [-0.2, 0) is 0 Å². The fourth-order valence-electron chi connectivity index (χ4n) is 3.42. The summed E-state index contributed by atoms with van der Waals surface area (Å²) < 4.78 is 0. The highest BCUT2D eigenvalue weighted by Gasteiger charge is 2.29. The first-order valence-electron chi connectivity index (χ1n) is 6.67. The number of rotatable bonds is 4. The average Bonchev–Trinajstić information content (AvgIpc) is 2.87. The number of hydrogen-bond donors (Lipinski definition) is 1. The predicted molar refractivity (Wildman–Crippen MR) is 65.1 cm³/mol. The quantitative estimate of drug-likeness (QED) is 0.765. The van der Waals surface area contributed by atoms with E-state index in [1.807, 2.05) is 0 Å². The Morgan fingerprint density at radius 2 is 1.87 bits per heavy atom. The van der Waals surface area contributed by atoms with Crippen LogP contribution in [-0.4, -0.2) is 37.6 Å². The van der Waals surface area contributed by atoms with E-state index in [1.165, 1.54) is 51.5 Å². The molecule has 0 aromatic heterocycles. The molecule has 0 amide bonds. The second-order valence-corrected chi connectivity index (χ2v) is 5.60. The van der Waals surface area contributed by atoms with Gasteiger partial charge < -0.3 is 10.2 Å².